The van der Waals surface area contributed by atoms with Crippen LogP contribution < -0.4 is 4.90 Å². The molecule has 0 aliphatic carbocycles. The maximum atomic E-state index is 13.3. The lowest BCUT2D eigenvalue weighted by Crippen LogP contribution is -2.51. The van der Waals surface area contributed by atoms with E-state index in [9.17, 15) is 18.0 Å². The fraction of sp³-hybridized carbons (Fsp3) is 0.250. The minimum Gasteiger partial charge on any atom is -0.423 e. The Bertz CT molecular complexity index is 558. The maximum Gasteiger partial charge on any atom is 0.436 e. The van der Waals surface area contributed by atoms with Gasteiger partial charge in [-0.05, 0) is 18.2 Å². The van der Waals surface area contributed by atoms with Gasteiger partial charge in [0.1, 0.15) is 0 Å². The first-order chi connectivity index (χ1) is 8.74. The number of nitrogens with zero attached hydrogens (tertiary/aromatic N) is 1. The van der Waals surface area contributed by atoms with Crippen LogP contribution in [0.2, 0.25) is 5.02 Å². The number of rotatable bonds is 1. The molecular weight excluding hydrogens is 283 g/mol. The first-order valence-corrected chi connectivity index (χ1v) is 5.58. The molecule has 19 heavy (non-hydrogen) atoms. The lowest BCUT2D eigenvalue weighted by atomic mass is 9.89. The molecule has 1 aromatic carbocycles. The van der Waals surface area contributed by atoms with Crippen molar-refractivity contribution >= 4 is 23.4 Å². The van der Waals surface area contributed by atoms with E-state index < -0.39 is 17.9 Å². The van der Waals surface area contributed by atoms with Crippen LogP contribution in [-0.2, 0) is 10.3 Å². The monoisotopic (exact) mass is 291 g/mol. The smallest absolute Gasteiger partial charge is 0.423 e. The number of hydrogen-bond acceptors (Lipinski definition) is 2. The third-order valence-corrected chi connectivity index (χ3v) is 3.27. The number of ether oxygens (including phenoxy) is 1. The number of benzene rings is 1. The fourth-order valence-corrected chi connectivity index (χ4v) is 2.28. The van der Waals surface area contributed by atoms with Crippen LogP contribution >= 0.6 is 11.6 Å². The minimum absolute atomic E-state index is 0.0426. The zero-order valence-electron chi connectivity index (χ0n) is 9.79. The van der Waals surface area contributed by atoms with E-state index in [1.807, 2.05) is 0 Å². The van der Waals surface area contributed by atoms with Crippen LogP contribution in [0.25, 0.3) is 0 Å². The number of cyclic esters (lactones) is 1. The van der Waals surface area contributed by atoms with Crippen molar-refractivity contribution in [3.8, 4) is 0 Å². The highest BCUT2D eigenvalue weighted by molar-refractivity contribution is 6.32. The van der Waals surface area contributed by atoms with Gasteiger partial charge in [-0.15, -0.1) is 0 Å². The van der Waals surface area contributed by atoms with Crippen molar-refractivity contribution in [2.75, 3.05) is 11.9 Å². The molecule has 0 fully saturated rings. The Kier molecular flexibility index (Phi) is 3.01. The second kappa shape index (κ2) is 4.16. The van der Waals surface area contributed by atoms with Gasteiger partial charge in [-0.1, -0.05) is 24.2 Å². The predicted molar refractivity (Wildman–Crippen MR) is 64.3 cm³/mol. The zero-order chi connectivity index (χ0) is 14.4. The van der Waals surface area contributed by atoms with Crippen molar-refractivity contribution in [2.24, 2.45) is 0 Å². The van der Waals surface area contributed by atoms with Gasteiger partial charge in [0.15, 0.2) is 0 Å². The van der Waals surface area contributed by atoms with Crippen LogP contribution in [0, 0.1) is 0 Å². The summed E-state index contributed by atoms with van der Waals surface area (Å²) in [5.74, 6) is 0. The molecule has 0 spiro atoms. The molecule has 1 heterocycles. The molecule has 1 aliphatic rings. The molecule has 0 radical (unpaired) electrons. The Morgan fingerprint density at radius 3 is 2.63 bits per heavy atom. The van der Waals surface area contributed by atoms with Crippen LogP contribution in [0.3, 0.4) is 0 Å². The number of anilines is 1. The van der Waals surface area contributed by atoms with Gasteiger partial charge in [-0.2, -0.15) is 13.2 Å². The number of alkyl halides is 3. The number of halogens is 4. The molecule has 1 aromatic rings. The molecule has 7 heteroatoms. The summed E-state index contributed by atoms with van der Waals surface area (Å²) in [4.78, 5) is 12.6. The molecule has 1 aliphatic heterocycles. The van der Waals surface area contributed by atoms with Gasteiger partial charge in [0.05, 0.1) is 16.3 Å². The van der Waals surface area contributed by atoms with E-state index in [0.29, 0.717) is 6.08 Å². The second-order valence-corrected chi connectivity index (χ2v) is 4.41. The number of hydrogen-bond donors (Lipinski definition) is 0. The van der Waals surface area contributed by atoms with Crippen molar-refractivity contribution in [1.29, 1.82) is 0 Å². The van der Waals surface area contributed by atoms with Gasteiger partial charge < -0.3 is 4.74 Å². The average Bonchev–Trinajstić information content (AvgIpc) is 2.32. The van der Waals surface area contributed by atoms with Crippen LogP contribution in [0.5, 0.6) is 0 Å². The van der Waals surface area contributed by atoms with Crippen LogP contribution in [0.4, 0.5) is 23.7 Å². The first kappa shape index (κ1) is 13.7. The van der Waals surface area contributed by atoms with E-state index in [4.69, 9.17) is 11.6 Å². The molecular formula is C12H9ClF3NO2. The molecule has 2 rings (SSSR count). The summed E-state index contributed by atoms with van der Waals surface area (Å²) in [7, 11) is 1.31. The zero-order valence-corrected chi connectivity index (χ0v) is 10.5. The largest absolute Gasteiger partial charge is 0.436 e. The van der Waals surface area contributed by atoms with Crippen molar-refractivity contribution in [3.63, 3.8) is 0 Å². The first-order valence-electron chi connectivity index (χ1n) is 5.20. The molecule has 0 saturated carbocycles. The van der Waals surface area contributed by atoms with E-state index in [1.54, 1.807) is 0 Å². The van der Waals surface area contributed by atoms with Gasteiger partial charge in [-0.3, -0.25) is 4.90 Å². The predicted octanol–water partition coefficient (Wildman–Crippen LogP) is 3.87. The highest BCUT2D eigenvalue weighted by Gasteiger charge is 2.62. The number of amides is 1. The van der Waals surface area contributed by atoms with Gasteiger partial charge in [0, 0.05) is 7.05 Å². The van der Waals surface area contributed by atoms with Crippen molar-refractivity contribution in [2.45, 2.75) is 11.8 Å². The van der Waals surface area contributed by atoms with E-state index in [0.717, 1.165) is 4.90 Å². The minimum atomic E-state index is -4.86. The van der Waals surface area contributed by atoms with Crippen LogP contribution in [0.1, 0.15) is 5.56 Å². The van der Waals surface area contributed by atoms with E-state index >= 15 is 0 Å². The Balaban J connectivity index is 2.83. The van der Waals surface area contributed by atoms with Crippen molar-refractivity contribution < 1.29 is 22.7 Å². The molecule has 0 N–H and O–H groups in total. The SMILES string of the molecule is C=CC1(C(F)(F)F)OC(=O)N(C)c2cccc(Cl)c21. The molecule has 3 nitrogen and oxygen atoms in total. The lowest BCUT2D eigenvalue weighted by molar-refractivity contribution is -0.244. The van der Waals surface area contributed by atoms with E-state index in [-0.39, 0.29) is 16.3 Å². The normalized spacial score (nSPS) is 22.8. The molecule has 0 bridgehead atoms. The van der Waals surface area contributed by atoms with E-state index in [2.05, 4.69) is 11.3 Å². The molecule has 1 unspecified atom stereocenters. The second-order valence-electron chi connectivity index (χ2n) is 4.00. The number of carbonyl (C=O) groups is 1. The van der Waals surface area contributed by atoms with Crippen LogP contribution in [-0.4, -0.2) is 19.3 Å². The van der Waals surface area contributed by atoms with E-state index in [1.165, 1.54) is 25.2 Å². The summed E-state index contributed by atoms with van der Waals surface area (Å²) >= 11 is 5.86. The van der Waals surface area contributed by atoms with Crippen molar-refractivity contribution in [3.05, 3.63) is 41.4 Å². The summed E-state index contributed by atoms with van der Waals surface area (Å²) in [5.41, 5.74) is -3.22. The molecule has 0 aromatic heterocycles. The number of fused-ring (bicyclic) bond motifs is 1. The fourth-order valence-electron chi connectivity index (χ4n) is 1.97. The molecule has 1 amide bonds. The van der Waals surface area contributed by atoms with Gasteiger partial charge in [0.25, 0.3) is 5.60 Å². The molecule has 0 saturated heterocycles. The number of carbonyl (C=O) groups excluding carboxylic acids is 1. The Morgan fingerprint density at radius 2 is 2.11 bits per heavy atom. The summed E-state index contributed by atoms with van der Waals surface area (Å²) in [6.45, 7) is 3.15. The van der Waals surface area contributed by atoms with Gasteiger partial charge >= 0.3 is 12.3 Å². The quantitative estimate of drug-likeness (QED) is 0.735. The molecule has 102 valence electrons. The standard InChI is InChI=1S/C12H9ClF3NO2/c1-3-11(12(14,15)16)9-7(13)5-4-6-8(9)17(2)10(18)19-11/h3-6H,1H2,2H3. The third-order valence-electron chi connectivity index (χ3n) is 2.96. The summed E-state index contributed by atoms with van der Waals surface area (Å²) in [5, 5.41) is -0.144. The Labute approximate surface area is 112 Å². The summed E-state index contributed by atoms with van der Waals surface area (Å²) in [6, 6.07) is 4.13. The maximum absolute atomic E-state index is 13.3. The average molecular weight is 292 g/mol. The Morgan fingerprint density at radius 1 is 1.47 bits per heavy atom. The topological polar surface area (TPSA) is 29.5 Å². The summed E-state index contributed by atoms with van der Waals surface area (Å²) < 4.78 is 44.6. The Hall–Kier alpha value is -1.69. The summed E-state index contributed by atoms with van der Waals surface area (Å²) in [6.07, 6.45) is -5.43. The highest BCUT2D eigenvalue weighted by atomic mass is 35.5. The van der Waals surface area contributed by atoms with Crippen molar-refractivity contribution in [1.82, 2.24) is 0 Å². The van der Waals surface area contributed by atoms with Gasteiger partial charge in [0.2, 0.25) is 0 Å². The highest BCUT2D eigenvalue weighted by Crippen LogP contribution is 2.51. The lowest BCUT2D eigenvalue weighted by Gasteiger charge is -2.40. The van der Waals surface area contributed by atoms with Crippen LogP contribution in [0.15, 0.2) is 30.9 Å². The third kappa shape index (κ3) is 1.78. The molecule has 1 atom stereocenters. The van der Waals surface area contributed by atoms with Gasteiger partial charge in [-0.25, -0.2) is 4.79 Å².